The van der Waals surface area contributed by atoms with Gasteiger partial charge in [-0.05, 0) is 98.7 Å². The second-order valence-electron chi connectivity index (χ2n) is 9.46. The summed E-state index contributed by atoms with van der Waals surface area (Å²) in [5, 5.41) is 4.78. The van der Waals surface area contributed by atoms with Crippen molar-refractivity contribution in [1.29, 1.82) is 0 Å². The lowest BCUT2D eigenvalue weighted by molar-refractivity contribution is 0.565. The van der Waals surface area contributed by atoms with E-state index in [0.717, 1.165) is 50.9 Å². The highest BCUT2D eigenvalue weighted by atomic mass is 35.5. The molecule has 1 aliphatic heterocycles. The molecular weight excluding hydrogens is 538 g/mol. The Morgan fingerprint density at radius 3 is 2.42 bits per heavy atom. The quantitative estimate of drug-likeness (QED) is 0.279. The van der Waals surface area contributed by atoms with Gasteiger partial charge in [-0.2, -0.15) is 0 Å². The van der Waals surface area contributed by atoms with E-state index in [1.165, 1.54) is 0 Å². The van der Waals surface area contributed by atoms with E-state index in [2.05, 4.69) is 50.5 Å². The molecule has 2 atom stereocenters. The first kappa shape index (κ1) is 26.2. The number of hydrogen-bond acceptors (Lipinski definition) is 4. The lowest BCUT2D eigenvalue weighted by atomic mass is 9.96. The van der Waals surface area contributed by atoms with Crippen LogP contribution in [0, 0.1) is 20.8 Å². The van der Waals surface area contributed by atoms with Crippen LogP contribution in [-0.4, -0.2) is 29.3 Å². The largest absolute Gasteiger partial charge is 0.351 e. The van der Waals surface area contributed by atoms with Gasteiger partial charge in [-0.3, -0.25) is 9.71 Å². The molecule has 0 bridgehead atoms. The zero-order chi connectivity index (χ0) is 27.2. The lowest BCUT2D eigenvalue weighted by Crippen LogP contribution is -2.29. The SMILES string of the molecule is Cc1c(Cl)cccc1-n1c(C)cc([C@@H]2[C@H](c3ccccn3)NC(=S)N2c2ccc(NS(C)(=O)=O)cc2)c1C. The molecule has 2 aromatic heterocycles. The summed E-state index contributed by atoms with van der Waals surface area (Å²) in [5.41, 5.74) is 7.50. The van der Waals surface area contributed by atoms with Gasteiger partial charge in [0.1, 0.15) is 0 Å². The average molecular weight is 566 g/mol. The van der Waals surface area contributed by atoms with Gasteiger partial charge in [0.25, 0.3) is 0 Å². The zero-order valence-corrected chi connectivity index (χ0v) is 23.8. The Kier molecular flexibility index (Phi) is 6.94. The Hall–Kier alpha value is -3.40. The lowest BCUT2D eigenvalue weighted by Gasteiger charge is -2.28. The van der Waals surface area contributed by atoms with Crippen LogP contribution in [0.15, 0.2) is 72.9 Å². The number of pyridine rings is 1. The van der Waals surface area contributed by atoms with Crippen LogP contribution in [0.4, 0.5) is 11.4 Å². The first-order chi connectivity index (χ1) is 18.0. The van der Waals surface area contributed by atoms with Crippen molar-refractivity contribution in [1.82, 2.24) is 14.9 Å². The number of sulfonamides is 1. The Balaban J connectivity index is 1.65. The molecule has 196 valence electrons. The summed E-state index contributed by atoms with van der Waals surface area (Å²) in [6.07, 6.45) is 2.91. The molecule has 0 amide bonds. The molecule has 10 heteroatoms. The number of aromatic nitrogens is 2. The highest BCUT2D eigenvalue weighted by molar-refractivity contribution is 7.92. The minimum atomic E-state index is -3.38. The summed E-state index contributed by atoms with van der Waals surface area (Å²) in [5.74, 6) is 0. The number of halogens is 1. The number of nitrogens with zero attached hydrogens (tertiary/aromatic N) is 3. The van der Waals surface area contributed by atoms with Gasteiger partial charge in [0, 0.05) is 39.7 Å². The molecule has 0 spiro atoms. The van der Waals surface area contributed by atoms with Gasteiger partial charge in [0.2, 0.25) is 10.0 Å². The van der Waals surface area contributed by atoms with Gasteiger partial charge in [-0.1, -0.05) is 23.7 Å². The standard InChI is InChI=1S/C28H28ClN5O2S2/c1-17-16-22(19(3)33(17)25-10-7-8-23(29)18(25)2)27-26(24-9-5-6-15-30-24)31-28(37)34(27)21-13-11-20(12-14-21)32-38(4,35)36/h5-16,26-27,32H,1-4H3,(H,31,37)/t26-,27+/m0/s1. The predicted molar refractivity (Wildman–Crippen MR) is 158 cm³/mol. The molecule has 2 aromatic carbocycles. The van der Waals surface area contributed by atoms with Crippen LogP contribution >= 0.6 is 23.8 Å². The van der Waals surface area contributed by atoms with Crippen LogP contribution in [-0.2, 0) is 10.0 Å². The third-order valence-corrected chi connectivity index (χ3v) is 8.15. The summed E-state index contributed by atoms with van der Waals surface area (Å²) in [6, 6.07) is 20.8. The predicted octanol–water partition coefficient (Wildman–Crippen LogP) is 6.00. The third-order valence-electron chi connectivity index (χ3n) is 6.82. The smallest absolute Gasteiger partial charge is 0.229 e. The normalized spacial score (nSPS) is 17.5. The fourth-order valence-corrected chi connectivity index (χ4v) is 6.23. The average Bonchev–Trinajstić information content (AvgIpc) is 3.36. The molecule has 1 aliphatic rings. The first-order valence-corrected chi connectivity index (χ1v) is 14.8. The Morgan fingerprint density at radius 2 is 1.76 bits per heavy atom. The maximum Gasteiger partial charge on any atom is 0.229 e. The van der Waals surface area contributed by atoms with Crippen LogP contribution in [0.1, 0.15) is 40.3 Å². The van der Waals surface area contributed by atoms with Gasteiger partial charge in [0.05, 0.1) is 24.0 Å². The van der Waals surface area contributed by atoms with E-state index >= 15 is 0 Å². The molecule has 1 fully saturated rings. The maximum atomic E-state index is 11.7. The molecule has 0 saturated carbocycles. The Morgan fingerprint density at radius 1 is 1.03 bits per heavy atom. The molecular formula is C28H28ClN5O2S2. The zero-order valence-electron chi connectivity index (χ0n) is 21.4. The van der Waals surface area contributed by atoms with E-state index in [9.17, 15) is 8.42 Å². The summed E-state index contributed by atoms with van der Waals surface area (Å²) in [6.45, 7) is 6.22. The fourth-order valence-electron chi connectivity index (χ4n) is 5.15. The molecule has 3 heterocycles. The van der Waals surface area contributed by atoms with Crippen molar-refractivity contribution in [3.63, 3.8) is 0 Å². The van der Waals surface area contributed by atoms with Crippen molar-refractivity contribution in [2.45, 2.75) is 32.9 Å². The van der Waals surface area contributed by atoms with Crippen molar-refractivity contribution < 1.29 is 8.42 Å². The van der Waals surface area contributed by atoms with Crippen LogP contribution in [0.2, 0.25) is 5.02 Å². The minimum Gasteiger partial charge on any atom is -0.351 e. The molecule has 38 heavy (non-hydrogen) atoms. The molecule has 5 rings (SSSR count). The Bertz CT molecular complexity index is 1620. The van der Waals surface area contributed by atoms with Crippen LogP contribution in [0.5, 0.6) is 0 Å². The van der Waals surface area contributed by atoms with Crippen molar-refractivity contribution in [2.75, 3.05) is 15.9 Å². The van der Waals surface area contributed by atoms with Crippen LogP contribution in [0.25, 0.3) is 5.69 Å². The van der Waals surface area contributed by atoms with Crippen molar-refractivity contribution in [3.8, 4) is 5.69 Å². The van der Waals surface area contributed by atoms with Crippen LogP contribution < -0.4 is 14.9 Å². The summed E-state index contributed by atoms with van der Waals surface area (Å²) >= 11 is 12.3. The van der Waals surface area contributed by atoms with Crippen molar-refractivity contribution >= 4 is 50.3 Å². The number of anilines is 2. The van der Waals surface area contributed by atoms with Gasteiger partial charge >= 0.3 is 0 Å². The maximum absolute atomic E-state index is 11.7. The summed E-state index contributed by atoms with van der Waals surface area (Å²) in [7, 11) is -3.38. The van der Waals surface area contributed by atoms with Gasteiger partial charge < -0.3 is 14.8 Å². The molecule has 4 aromatic rings. The summed E-state index contributed by atoms with van der Waals surface area (Å²) in [4.78, 5) is 6.73. The monoisotopic (exact) mass is 565 g/mol. The topological polar surface area (TPSA) is 79.3 Å². The van der Waals surface area contributed by atoms with Crippen LogP contribution in [0.3, 0.4) is 0 Å². The second-order valence-corrected chi connectivity index (χ2v) is 12.0. The second kappa shape index (κ2) is 10.1. The number of benzene rings is 2. The highest BCUT2D eigenvalue weighted by Gasteiger charge is 2.42. The van der Waals surface area contributed by atoms with E-state index in [4.69, 9.17) is 23.8 Å². The molecule has 1 saturated heterocycles. The summed E-state index contributed by atoms with van der Waals surface area (Å²) < 4.78 is 28.1. The molecule has 7 nitrogen and oxygen atoms in total. The van der Waals surface area contributed by atoms with E-state index in [-0.39, 0.29) is 12.1 Å². The number of nitrogens with one attached hydrogen (secondary N) is 2. The van der Waals surface area contributed by atoms with E-state index in [0.29, 0.717) is 10.8 Å². The van der Waals surface area contributed by atoms with E-state index in [1.807, 2.05) is 49.4 Å². The van der Waals surface area contributed by atoms with E-state index in [1.54, 1.807) is 18.3 Å². The highest BCUT2D eigenvalue weighted by Crippen LogP contribution is 2.44. The van der Waals surface area contributed by atoms with Crippen molar-refractivity contribution in [2.24, 2.45) is 0 Å². The minimum absolute atomic E-state index is 0.202. The Labute approximate surface area is 233 Å². The number of hydrogen-bond donors (Lipinski definition) is 2. The molecule has 2 N–H and O–H groups in total. The molecule has 0 unspecified atom stereocenters. The van der Waals surface area contributed by atoms with Gasteiger partial charge in [-0.25, -0.2) is 8.42 Å². The van der Waals surface area contributed by atoms with Gasteiger partial charge in [-0.15, -0.1) is 0 Å². The van der Waals surface area contributed by atoms with Crippen molar-refractivity contribution in [3.05, 3.63) is 106 Å². The number of thiocarbonyl (C=S) groups is 1. The van der Waals surface area contributed by atoms with E-state index < -0.39 is 10.0 Å². The number of rotatable bonds is 6. The molecule has 0 aliphatic carbocycles. The number of aryl methyl sites for hydroxylation is 1. The fraction of sp³-hybridized carbons (Fsp3) is 0.214. The first-order valence-electron chi connectivity index (χ1n) is 12.1. The third kappa shape index (κ3) is 4.89. The van der Waals surface area contributed by atoms with Gasteiger partial charge in [0.15, 0.2) is 5.11 Å². The molecule has 0 radical (unpaired) electrons.